The highest BCUT2D eigenvalue weighted by Crippen LogP contribution is 2.24. The number of carbonyl (C=O) groups excluding carboxylic acids is 1. The maximum Gasteiger partial charge on any atom is 0.254 e. The Morgan fingerprint density at radius 1 is 1.56 bits per heavy atom. The van der Waals surface area contributed by atoms with Crippen molar-refractivity contribution in [1.29, 1.82) is 5.26 Å². The predicted molar refractivity (Wildman–Crippen MR) is 69.5 cm³/mol. The molecule has 1 aromatic rings. The molecule has 5 heteroatoms. The normalized spacial score (nSPS) is 10.2. The zero-order valence-corrected chi connectivity index (χ0v) is 11.1. The van der Waals surface area contributed by atoms with Crippen LogP contribution in [0.3, 0.4) is 0 Å². The second-order valence-corrected chi connectivity index (χ2v) is 4.57. The van der Waals surface area contributed by atoms with Gasteiger partial charge in [0.05, 0.1) is 17.5 Å². The summed E-state index contributed by atoms with van der Waals surface area (Å²) >= 11 is 5.77. The van der Waals surface area contributed by atoms with Crippen LogP contribution in [0.2, 0.25) is 5.02 Å². The highest BCUT2D eigenvalue weighted by Gasteiger charge is 2.19. The molecule has 0 bridgehead atoms. The van der Waals surface area contributed by atoms with Crippen LogP contribution < -0.4 is 0 Å². The molecule has 0 aliphatic carbocycles. The van der Waals surface area contributed by atoms with E-state index >= 15 is 0 Å². The third-order valence-electron chi connectivity index (χ3n) is 2.54. The highest BCUT2D eigenvalue weighted by atomic mass is 35.5. The monoisotopic (exact) mass is 266 g/mol. The third kappa shape index (κ3) is 3.38. The van der Waals surface area contributed by atoms with Gasteiger partial charge in [0, 0.05) is 18.2 Å². The molecule has 0 aromatic heterocycles. The zero-order valence-electron chi connectivity index (χ0n) is 10.4. The molecule has 1 amide bonds. The summed E-state index contributed by atoms with van der Waals surface area (Å²) in [6.07, 6.45) is 0.287. The van der Waals surface area contributed by atoms with E-state index in [0.717, 1.165) is 0 Å². The fraction of sp³-hybridized carbons (Fsp3) is 0.385. The summed E-state index contributed by atoms with van der Waals surface area (Å²) in [6, 6.07) is 6.36. The summed E-state index contributed by atoms with van der Waals surface area (Å²) in [5.74, 6) is -0.247. The van der Waals surface area contributed by atoms with E-state index in [1.54, 1.807) is 4.90 Å². The van der Waals surface area contributed by atoms with E-state index in [4.69, 9.17) is 16.9 Å². The Balaban J connectivity index is 2.95. The molecule has 4 nitrogen and oxygen atoms in total. The first-order valence-corrected chi connectivity index (χ1v) is 6.01. The Morgan fingerprint density at radius 2 is 2.22 bits per heavy atom. The number of phenolic OH excluding ortho intramolecular Hbond substituents is 1. The molecule has 0 atom stereocenters. The van der Waals surface area contributed by atoms with Crippen LogP contribution in [-0.4, -0.2) is 28.5 Å². The lowest BCUT2D eigenvalue weighted by molar-refractivity contribution is 0.0710. The van der Waals surface area contributed by atoms with Gasteiger partial charge < -0.3 is 10.0 Å². The molecule has 0 fully saturated rings. The molecule has 1 rings (SSSR count). The summed E-state index contributed by atoms with van der Waals surface area (Å²) in [7, 11) is 0. The molecule has 0 radical (unpaired) electrons. The maximum absolute atomic E-state index is 12.2. The van der Waals surface area contributed by atoms with Crippen LogP contribution in [0.1, 0.15) is 30.6 Å². The minimum absolute atomic E-state index is 0.00146. The summed E-state index contributed by atoms with van der Waals surface area (Å²) in [4.78, 5) is 13.8. The van der Waals surface area contributed by atoms with Gasteiger partial charge in [-0.25, -0.2) is 0 Å². The minimum atomic E-state index is -0.192. The number of amides is 1. The average molecular weight is 267 g/mol. The molecule has 18 heavy (non-hydrogen) atoms. The van der Waals surface area contributed by atoms with Gasteiger partial charge in [0.25, 0.3) is 5.91 Å². The van der Waals surface area contributed by atoms with Gasteiger partial charge in [-0.15, -0.1) is 0 Å². The molecule has 0 spiro atoms. The molecular weight excluding hydrogens is 252 g/mol. The smallest absolute Gasteiger partial charge is 0.254 e. The van der Waals surface area contributed by atoms with Crippen LogP contribution >= 0.6 is 11.6 Å². The lowest BCUT2D eigenvalue weighted by Gasteiger charge is -2.26. The molecule has 1 aromatic carbocycles. The van der Waals surface area contributed by atoms with Crippen LogP contribution in [0, 0.1) is 11.3 Å². The number of hydrogen-bond donors (Lipinski definition) is 1. The first-order valence-electron chi connectivity index (χ1n) is 5.63. The number of halogens is 1. The SMILES string of the molecule is CC(C)N(CCC#N)C(=O)c1ccc(O)c(Cl)c1. The van der Waals surface area contributed by atoms with Crippen LogP contribution in [0.15, 0.2) is 18.2 Å². The van der Waals surface area contributed by atoms with Gasteiger partial charge in [-0.2, -0.15) is 5.26 Å². The van der Waals surface area contributed by atoms with Crippen molar-refractivity contribution in [3.05, 3.63) is 28.8 Å². The standard InChI is InChI=1S/C13H15ClN2O2/c1-9(2)16(7-3-6-15)13(18)10-4-5-12(17)11(14)8-10/h4-5,8-9,17H,3,7H2,1-2H3. The Morgan fingerprint density at radius 3 is 2.72 bits per heavy atom. The number of nitriles is 1. The minimum Gasteiger partial charge on any atom is -0.506 e. The lowest BCUT2D eigenvalue weighted by atomic mass is 10.1. The van der Waals surface area contributed by atoms with Crippen molar-refractivity contribution in [1.82, 2.24) is 4.90 Å². The van der Waals surface area contributed by atoms with Gasteiger partial charge in [0.15, 0.2) is 0 Å². The Bertz CT molecular complexity index is 480. The maximum atomic E-state index is 12.2. The van der Waals surface area contributed by atoms with E-state index in [2.05, 4.69) is 0 Å². The fourth-order valence-electron chi connectivity index (χ4n) is 1.57. The van der Waals surface area contributed by atoms with E-state index < -0.39 is 0 Å². The number of hydrogen-bond acceptors (Lipinski definition) is 3. The molecule has 96 valence electrons. The molecular formula is C13H15ClN2O2. The molecule has 0 unspecified atom stereocenters. The number of benzene rings is 1. The van der Waals surface area contributed by atoms with Gasteiger partial charge in [0.2, 0.25) is 0 Å². The Labute approximate surface area is 111 Å². The first-order chi connectivity index (χ1) is 8.47. The van der Waals surface area contributed by atoms with E-state index in [1.807, 2.05) is 19.9 Å². The van der Waals surface area contributed by atoms with E-state index in [9.17, 15) is 9.90 Å². The second kappa shape index (κ2) is 6.27. The van der Waals surface area contributed by atoms with E-state index in [0.29, 0.717) is 12.1 Å². The fourth-order valence-corrected chi connectivity index (χ4v) is 1.75. The average Bonchev–Trinajstić information content (AvgIpc) is 2.32. The lowest BCUT2D eigenvalue weighted by Crippen LogP contribution is -2.37. The number of phenols is 1. The quantitative estimate of drug-likeness (QED) is 0.911. The van der Waals surface area contributed by atoms with Crippen molar-refractivity contribution in [2.75, 3.05) is 6.54 Å². The van der Waals surface area contributed by atoms with Crippen LogP contribution in [-0.2, 0) is 0 Å². The van der Waals surface area contributed by atoms with Crippen LogP contribution in [0.5, 0.6) is 5.75 Å². The van der Waals surface area contributed by atoms with Crippen molar-refractivity contribution in [3.63, 3.8) is 0 Å². The summed E-state index contributed by atoms with van der Waals surface area (Å²) in [5.41, 5.74) is 0.407. The number of rotatable bonds is 4. The van der Waals surface area contributed by atoms with Gasteiger partial charge >= 0.3 is 0 Å². The Hall–Kier alpha value is -1.73. The van der Waals surface area contributed by atoms with Crippen LogP contribution in [0.25, 0.3) is 0 Å². The zero-order chi connectivity index (χ0) is 13.7. The summed E-state index contributed by atoms with van der Waals surface area (Å²) in [5, 5.41) is 18.0. The van der Waals surface area contributed by atoms with Gasteiger partial charge in [0.1, 0.15) is 5.75 Å². The van der Waals surface area contributed by atoms with Gasteiger partial charge in [-0.1, -0.05) is 11.6 Å². The molecule has 0 saturated carbocycles. The first kappa shape index (κ1) is 14.3. The van der Waals surface area contributed by atoms with Gasteiger partial charge in [-0.05, 0) is 32.0 Å². The Kier molecular flexibility index (Phi) is 4.99. The van der Waals surface area contributed by atoms with Crippen LogP contribution in [0.4, 0.5) is 0 Å². The predicted octanol–water partition coefficient (Wildman–Crippen LogP) is 2.81. The topological polar surface area (TPSA) is 64.3 Å². The molecule has 0 heterocycles. The third-order valence-corrected chi connectivity index (χ3v) is 2.85. The molecule has 0 saturated heterocycles. The van der Waals surface area contributed by atoms with Gasteiger partial charge in [-0.3, -0.25) is 4.79 Å². The van der Waals surface area contributed by atoms with Crippen molar-refractivity contribution in [3.8, 4) is 11.8 Å². The van der Waals surface area contributed by atoms with Crippen molar-refractivity contribution in [2.24, 2.45) is 0 Å². The van der Waals surface area contributed by atoms with Crippen molar-refractivity contribution < 1.29 is 9.90 Å². The van der Waals surface area contributed by atoms with Crippen molar-refractivity contribution in [2.45, 2.75) is 26.3 Å². The summed E-state index contributed by atoms with van der Waals surface area (Å²) in [6.45, 7) is 4.15. The number of nitrogens with zero attached hydrogens (tertiary/aromatic N) is 2. The van der Waals surface area contributed by atoms with E-state index in [-0.39, 0.29) is 29.1 Å². The number of aromatic hydroxyl groups is 1. The summed E-state index contributed by atoms with van der Waals surface area (Å²) < 4.78 is 0. The highest BCUT2D eigenvalue weighted by molar-refractivity contribution is 6.32. The van der Waals surface area contributed by atoms with E-state index in [1.165, 1.54) is 18.2 Å². The molecule has 0 aliphatic rings. The molecule has 0 aliphatic heterocycles. The molecule has 1 N–H and O–H groups in total. The largest absolute Gasteiger partial charge is 0.506 e. The second-order valence-electron chi connectivity index (χ2n) is 4.17. The number of carbonyl (C=O) groups is 1. The van der Waals surface area contributed by atoms with Crippen molar-refractivity contribution >= 4 is 17.5 Å².